The third-order valence-electron chi connectivity index (χ3n) is 4.06. The Morgan fingerprint density at radius 1 is 1.24 bits per heavy atom. The molecule has 0 radical (unpaired) electrons. The average Bonchev–Trinajstić information content (AvgIpc) is 2.43. The number of esters is 1. The first-order valence-corrected chi connectivity index (χ1v) is 7.03. The monoisotopic (exact) mass is 298 g/mol. The fourth-order valence-electron chi connectivity index (χ4n) is 2.62. The van der Waals surface area contributed by atoms with Gasteiger partial charge in [0.25, 0.3) is 0 Å². The van der Waals surface area contributed by atoms with E-state index >= 15 is 0 Å². The van der Waals surface area contributed by atoms with Crippen molar-refractivity contribution < 1.29 is 23.9 Å². The van der Waals surface area contributed by atoms with E-state index in [1.54, 1.807) is 27.7 Å². The zero-order valence-corrected chi connectivity index (χ0v) is 13.1. The number of hydrogen-bond donors (Lipinski definition) is 1. The van der Waals surface area contributed by atoms with Gasteiger partial charge in [0.15, 0.2) is 0 Å². The van der Waals surface area contributed by atoms with Gasteiger partial charge in [0.2, 0.25) is 11.8 Å². The van der Waals surface area contributed by atoms with Crippen molar-refractivity contribution in [2.75, 3.05) is 7.11 Å². The lowest BCUT2D eigenvalue weighted by Crippen LogP contribution is -2.67. The van der Waals surface area contributed by atoms with Gasteiger partial charge in [-0.15, -0.1) is 0 Å². The van der Waals surface area contributed by atoms with Gasteiger partial charge in [-0.3, -0.25) is 14.9 Å². The van der Waals surface area contributed by atoms with Gasteiger partial charge >= 0.3 is 12.0 Å². The molecule has 0 spiro atoms. The molecular formula is C14H22N2O5. The van der Waals surface area contributed by atoms with E-state index in [4.69, 9.17) is 0 Å². The largest absolute Gasteiger partial charge is 0.467 e. The van der Waals surface area contributed by atoms with Crippen LogP contribution in [0.5, 0.6) is 0 Å². The van der Waals surface area contributed by atoms with Gasteiger partial charge in [0.1, 0.15) is 11.5 Å². The Morgan fingerprint density at radius 2 is 1.76 bits per heavy atom. The standard InChI is InChI=1S/C14H22N2O5/c1-6-14(7-2)11(18)15-13(20)16(12(14)19)9(8(3)4)10(17)21-5/h8-9H,6-7H2,1-5H3,(H,15,18,20). The minimum Gasteiger partial charge on any atom is -0.467 e. The summed E-state index contributed by atoms with van der Waals surface area (Å²) in [5.74, 6) is -2.24. The van der Waals surface area contributed by atoms with E-state index in [9.17, 15) is 19.2 Å². The Kier molecular flexibility index (Phi) is 5.09. The average molecular weight is 298 g/mol. The van der Waals surface area contributed by atoms with E-state index in [0.29, 0.717) is 0 Å². The molecule has 1 N–H and O–H groups in total. The topological polar surface area (TPSA) is 92.8 Å². The first-order chi connectivity index (χ1) is 9.76. The number of carbonyl (C=O) groups excluding carboxylic acids is 4. The van der Waals surface area contributed by atoms with E-state index in [0.717, 1.165) is 4.90 Å². The molecule has 4 amide bonds. The molecule has 0 aromatic heterocycles. The van der Waals surface area contributed by atoms with Crippen LogP contribution in [0, 0.1) is 11.3 Å². The van der Waals surface area contributed by atoms with Crippen molar-refractivity contribution in [2.24, 2.45) is 11.3 Å². The SMILES string of the molecule is CCC1(CC)C(=O)NC(=O)N(C(C(=O)OC)C(C)C)C1=O. The molecule has 0 saturated carbocycles. The highest BCUT2D eigenvalue weighted by molar-refractivity contribution is 6.20. The third-order valence-corrected chi connectivity index (χ3v) is 4.06. The summed E-state index contributed by atoms with van der Waals surface area (Å²) in [6, 6.07) is -1.92. The highest BCUT2D eigenvalue weighted by Gasteiger charge is 2.54. The molecule has 1 saturated heterocycles. The fraction of sp³-hybridized carbons (Fsp3) is 0.714. The van der Waals surface area contributed by atoms with Crippen molar-refractivity contribution in [3.8, 4) is 0 Å². The van der Waals surface area contributed by atoms with Gasteiger partial charge < -0.3 is 4.74 Å². The van der Waals surface area contributed by atoms with Gasteiger partial charge in [0.05, 0.1) is 7.11 Å². The van der Waals surface area contributed by atoms with Gasteiger partial charge in [-0.2, -0.15) is 0 Å². The second-order valence-corrected chi connectivity index (χ2v) is 5.44. The Bertz CT molecular complexity index is 468. The number of barbiturate groups is 1. The smallest absolute Gasteiger partial charge is 0.331 e. The predicted molar refractivity (Wildman–Crippen MR) is 74.0 cm³/mol. The summed E-state index contributed by atoms with van der Waals surface area (Å²) in [5, 5.41) is 2.19. The van der Waals surface area contributed by atoms with Crippen molar-refractivity contribution in [1.29, 1.82) is 0 Å². The predicted octanol–water partition coefficient (Wildman–Crippen LogP) is 1.07. The Balaban J connectivity index is 3.33. The summed E-state index contributed by atoms with van der Waals surface area (Å²) in [5.41, 5.74) is -1.31. The summed E-state index contributed by atoms with van der Waals surface area (Å²) < 4.78 is 4.69. The molecule has 1 heterocycles. The van der Waals surface area contributed by atoms with Crippen molar-refractivity contribution in [3.63, 3.8) is 0 Å². The molecule has 1 fully saturated rings. The van der Waals surface area contributed by atoms with Crippen LogP contribution in [0.4, 0.5) is 4.79 Å². The van der Waals surface area contributed by atoms with Crippen LogP contribution >= 0.6 is 0 Å². The molecule has 1 atom stereocenters. The molecule has 0 aliphatic carbocycles. The molecule has 7 nitrogen and oxygen atoms in total. The normalized spacial score (nSPS) is 19.5. The zero-order chi connectivity index (χ0) is 16.4. The number of carbonyl (C=O) groups is 4. The first kappa shape index (κ1) is 17.1. The fourth-order valence-corrected chi connectivity index (χ4v) is 2.62. The van der Waals surface area contributed by atoms with Crippen molar-refractivity contribution in [1.82, 2.24) is 10.2 Å². The van der Waals surface area contributed by atoms with E-state index < -0.39 is 35.3 Å². The Morgan fingerprint density at radius 3 is 2.14 bits per heavy atom. The van der Waals surface area contributed by atoms with E-state index in [1.165, 1.54) is 7.11 Å². The van der Waals surface area contributed by atoms with Crippen molar-refractivity contribution in [3.05, 3.63) is 0 Å². The minimum atomic E-state index is -1.31. The molecule has 1 aliphatic heterocycles. The zero-order valence-electron chi connectivity index (χ0n) is 13.1. The third kappa shape index (κ3) is 2.64. The molecule has 1 rings (SSSR count). The summed E-state index contributed by atoms with van der Waals surface area (Å²) in [4.78, 5) is 49.7. The van der Waals surface area contributed by atoms with Gasteiger partial charge in [-0.05, 0) is 18.8 Å². The molecule has 0 aromatic rings. The number of hydrogen-bond acceptors (Lipinski definition) is 5. The van der Waals surface area contributed by atoms with Gasteiger partial charge in [-0.1, -0.05) is 27.7 Å². The van der Waals surface area contributed by atoms with E-state index in [2.05, 4.69) is 10.1 Å². The maximum Gasteiger partial charge on any atom is 0.331 e. The number of imide groups is 2. The molecule has 118 valence electrons. The lowest BCUT2D eigenvalue weighted by atomic mass is 9.78. The molecule has 7 heteroatoms. The van der Waals surface area contributed by atoms with Crippen molar-refractivity contribution in [2.45, 2.75) is 46.6 Å². The van der Waals surface area contributed by atoms with Crippen LogP contribution in [0.25, 0.3) is 0 Å². The number of rotatable bonds is 5. The van der Waals surface area contributed by atoms with Crippen LogP contribution in [0.15, 0.2) is 0 Å². The van der Waals surface area contributed by atoms with Crippen LogP contribution in [0.3, 0.4) is 0 Å². The lowest BCUT2D eigenvalue weighted by molar-refractivity contribution is -0.162. The number of nitrogens with zero attached hydrogens (tertiary/aromatic N) is 1. The van der Waals surface area contributed by atoms with Gasteiger partial charge in [-0.25, -0.2) is 14.5 Å². The molecule has 21 heavy (non-hydrogen) atoms. The highest BCUT2D eigenvalue weighted by atomic mass is 16.5. The summed E-state index contributed by atoms with van der Waals surface area (Å²) in [6.07, 6.45) is 0.508. The number of urea groups is 1. The van der Waals surface area contributed by atoms with Crippen LogP contribution in [-0.2, 0) is 19.1 Å². The molecule has 0 aromatic carbocycles. The Hall–Kier alpha value is -1.92. The minimum absolute atomic E-state index is 0.254. The van der Waals surface area contributed by atoms with Gasteiger partial charge in [0, 0.05) is 0 Å². The summed E-state index contributed by atoms with van der Waals surface area (Å²) in [6.45, 7) is 6.82. The second kappa shape index (κ2) is 6.24. The number of methoxy groups -OCH3 is 1. The number of amides is 4. The highest BCUT2D eigenvalue weighted by Crippen LogP contribution is 2.34. The summed E-state index contributed by atoms with van der Waals surface area (Å²) >= 11 is 0. The number of ether oxygens (including phenoxy) is 1. The second-order valence-electron chi connectivity index (χ2n) is 5.44. The van der Waals surface area contributed by atoms with Crippen molar-refractivity contribution >= 4 is 23.8 Å². The quantitative estimate of drug-likeness (QED) is 0.605. The van der Waals surface area contributed by atoms with E-state index in [-0.39, 0.29) is 18.8 Å². The van der Waals surface area contributed by atoms with Crippen LogP contribution in [0.1, 0.15) is 40.5 Å². The summed E-state index contributed by atoms with van der Waals surface area (Å²) in [7, 11) is 1.20. The molecule has 1 unspecified atom stereocenters. The van der Waals surface area contributed by atoms with E-state index in [1.807, 2.05) is 0 Å². The Labute approximate surface area is 124 Å². The molecule has 0 bridgehead atoms. The molecule has 1 aliphatic rings. The van der Waals surface area contributed by atoms with Crippen LogP contribution < -0.4 is 5.32 Å². The number of nitrogens with one attached hydrogen (secondary N) is 1. The molecular weight excluding hydrogens is 276 g/mol. The van der Waals surface area contributed by atoms with Crippen LogP contribution in [-0.4, -0.2) is 41.9 Å². The maximum atomic E-state index is 12.7. The first-order valence-electron chi connectivity index (χ1n) is 7.03. The van der Waals surface area contributed by atoms with Crippen LogP contribution in [0.2, 0.25) is 0 Å². The maximum absolute atomic E-state index is 12.7. The lowest BCUT2D eigenvalue weighted by Gasteiger charge is -2.41.